The van der Waals surface area contributed by atoms with E-state index in [1.807, 2.05) is 0 Å². The number of aromatic carboxylic acids is 1. The van der Waals surface area contributed by atoms with E-state index in [0.29, 0.717) is 5.69 Å². The van der Waals surface area contributed by atoms with Gasteiger partial charge in [0.25, 0.3) is 10.0 Å². The third-order valence-corrected chi connectivity index (χ3v) is 6.32. The van der Waals surface area contributed by atoms with Crippen LogP contribution in [0.1, 0.15) is 43.0 Å². The Morgan fingerprint density at radius 3 is 2.17 bits per heavy atom. The van der Waals surface area contributed by atoms with Crippen LogP contribution in [0, 0.1) is 0 Å². The van der Waals surface area contributed by atoms with Crippen molar-refractivity contribution in [2.75, 3.05) is 28.0 Å². The number of anilines is 3. The van der Waals surface area contributed by atoms with Gasteiger partial charge in [-0.05, 0) is 55.3 Å². The lowest BCUT2D eigenvalue weighted by Gasteiger charge is -2.23. The molecule has 0 atom stereocenters. The summed E-state index contributed by atoms with van der Waals surface area (Å²) in [6.45, 7) is 3.06. The smallest absolute Gasteiger partial charge is 0.337 e. The molecule has 8 nitrogen and oxygen atoms in total. The normalized spacial score (nSPS) is 14.6. The Balaban J connectivity index is 1.85. The lowest BCUT2D eigenvalue weighted by atomic mass is 10.1. The number of amides is 1. The van der Waals surface area contributed by atoms with E-state index in [1.165, 1.54) is 43.3 Å². The fourth-order valence-corrected chi connectivity index (χ4v) is 4.53. The lowest BCUT2D eigenvalue weighted by molar-refractivity contribution is -0.114. The number of hydrogen-bond donors (Lipinski definition) is 3. The van der Waals surface area contributed by atoms with E-state index in [0.717, 1.165) is 44.5 Å². The predicted octanol–water partition coefficient (Wildman–Crippen LogP) is 3.52. The molecule has 0 bridgehead atoms. The summed E-state index contributed by atoms with van der Waals surface area (Å²) >= 11 is 0. The third-order valence-electron chi connectivity index (χ3n) is 4.93. The van der Waals surface area contributed by atoms with Crippen LogP contribution in [0.15, 0.2) is 47.4 Å². The topological polar surface area (TPSA) is 116 Å². The highest BCUT2D eigenvalue weighted by Crippen LogP contribution is 2.27. The number of sulfonamides is 1. The lowest BCUT2D eigenvalue weighted by Crippen LogP contribution is -2.24. The molecule has 2 aromatic rings. The van der Waals surface area contributed by atoms with Gasteiger partial charge in [-0.1, -0.05) is 12.8 Å². The molecule has 9 heteroatoms. The molecule has 3 N–H and O–H groups in total. The van der Waals surface area contributed by atoms with Crippen LogP contribution in [0.25, 0.3) is 0 Å². The first-order valence-corrected chi connectivity index (χ1v) is 11.3. The highest BCUT2D eigenvalue weighted by atomic mass is 32.2. The Labute approximate surface area is 176 Å². The van der Waals surface area contributed by atoms with Crippen molar-refractivity contribution in [2.24, 2.45) is 0 Å². The minimum atomic E-state index is -4.00. The molecule has 2 aromatic carbocycles. The number of carbonyl (C=O) groups is 2. The summed E-state index contributed by atoms with van der Waals surface area (Å²) in [5, 5.41) is 12.2. The van der Waals surface area contributed by atoms with Crippen molar-refractivity contribution in [1.29, 1.82) is 0 Å². The predicted molar refractivity (Wildman–Crippen MR) is 116 cm³/mol. The van der Waals surface area contributed by atoms with Crippen LogP contribution < -0.4 is 14.9 Å². The van der Waals surface area contributed by atoms with Gasteiger partial charge >= 0.3 is 5.97 Å². The molecule has 0 unspecified atom stereocenters. The number of nitrogens with one attached hydrogen (secondary N) is 2. The van der Waals surface area contributed by atoms with Gasteiger partial charge in [0.1, 0.15) is 0 Å². The van der Waals surface area contributed by atoms with Gasteiger partial charge in [0.2, 0.25) is 5.91 Å². The van der Waals surface area contributed by atoms with Crippen LogP contribution in [-0.2, 0) is 14.8 Å². The summed E-state index contributed by atoms with van der Waals surface area (Å²) in [6.07, 6.45) is 4.40. The first kappa shape index (κ1) is 21.6. The van der Waals surface area contributed by atoms with E-state index in [4.69, 9.17) is 0 Å². The average Bonchev–Trinajstić information content (AvgIpc) is 2.97. The van der Waals surface area contributed by atoms with E-state index < -0.39 is 16.0 Å². The quantitative estimate of drug-likeness (QED) is 0.644. The Hall–Kier alpha value is -3.07. The molecule has 0 radical (unpaired) electrons. The molecule has 1 amide bonds. The molecule has 0 spiro atoms. The van der Waals surface area contributed by atoms with Crippen molar-refractivity contribution in [3.63, 3.8) is 0 Å². The maximum Gasteiger partial charge on any atom is 0.337 e. The number of carboxylic acids is 1. The SMILES string of the molecule is CC(=O)Nc1ccc(S(=O)(=O)Nc2ccc(N3CCCCCC3)cc2C(=O)O)cc1. The fraction of sp³-hybridized carbons (Fsp3) is 0.333. The Kier molecular flexibility index (Phi) is 6.61. The van der Waals surface area contributed by atoms with Crippen LogP contribution in [-0.4, -0.2) is 38.5 Å². The molecule has 3 rings (SSSR count). The van der Waals surface area contributed by atoms with Crippen LogP contribution >= 0.6 is 0 Å². The van der Waals surface area contributed by atoms with E-state index >= 15 is 0 Å². The zero-order chi connectivity index (χ0) is 21.7. The highest BCUT2D eigenvalue weighted by molar-refractivity contribution is 7.92. The summed E-state index contributed by atoms with van der Waals surface area (Å²) in [5.74, 6) is -1.47. The first-order valence-electron chi connectivity index (χ1n) is 9.79. The number of carboxylic acid groups (broad SMARTS) is 1. The molecular formula is C21H25N3O5S. The fourth-order valence-electron chi connectivity index (χ4n) is 3.45. The second-order valence-electron chi connectivity index (χ2n) is 7.25. The molecule has 1 aliphatic heterocycles. The van der Waals surface area contributed by atoms with Crippen molar-refractivity contribution in [3.8, 4) is 0 Å². The van der Waals surface area contributed by atoms with Gasteiger partial charge < -0.3 is 15.3 Å². The van der Waals surface area contributed by atoms with E-state index in [1.54, 1.807) is 6.07 Å². The van der Waals surface area contributed by atoms with Gasteiger partial charge in [-0.15, -0.1) is 0 Å². The average molecular weight is 432 g/mol. The van der Waals surface area contributed by atoms with Gasteiger partial charge in [0.15, 0.2) is 0 Å². The van der Waals surface area contributed by atoms with Crippen molar-refractivity contribution in [3.05, 3.63) is 48.0 Å². The summed E-state index contributed by atoms with van der Waals surface area (Å²) in [6, 6.07) is 10.4. The molecule has 30 heavy (non-hydrogen) atoms. The summed E-state index contributed by atoms with van der Waals surface area (Å²) < 4.78 is 27.9. The number of hydrogen-bond acceptors (Lipinski definition) is 5. The Bertz CT molecular complexity index is 1030. The molecule has 0 aromatic heterocycles. The van der Waals surface area contributed by atoms with Crippen molar-refractivity contribution in [2.45, 2.75) is 37.5 Å². The van der Waals surface area contributed by atoms with Crippen LogP contribution in [0.4, 0.5) is 17.1 Å². The second-order valence-corrected chi connectivity index (χ2v) is 8.93. The van der Waals surface area contributed by atoms with Gasteiger partial charge in [-0.3, -0.25) is 9.52 Å². The molecule has 1 saturated heterocycles. The van der Waals surface area contributed by atoms with Gasteiger partial charge in [0, 0.05) is 31.4 Å². The zero-order valence-electron chi connectivity index (χ0n) is 16.7. The van der Waals surface area contributed by atoms with Crippen molar-refractivity contribution >= 4 is 39.0 Å². The molecule has 160 valence electrons. The van der Waals surface area contributed by atoms with Crippen LogP contribution in [0.2, 0.25) is 0 Å². The molecule has 1 heterocycles. The number of nitrogens with zero attached hydrogens (tertiary/aromatic N) is 1. The van der Waals surface area contributed by atoms with Crippen LogP contribution in [0.5, 0.6) is 0 Å². The van der Waals surface area contributed by atoms with E-state index in [9.17, 15) is 23.1 Å². The van der Waals surface area contributed by atoms with E-state index in [2.05, 4.69) is 14.9 Å². The minimum Gasteiger partial charge on any atom is -0.478 e. The molecule has 0 saturated carbocycles. The molecule has 0 aliphatic carbocycles. The van der Waals surface area contributed by atoms with Crippen molar-refractivity contribution in [1.82, 2.24) is 0 Å². The summed E-state index contributed by atoms with van der Waals surface area (Å²) in [7, 11) is -4.00. The zero-order valence-corrected chi connectivity index (χ0v) is 17.5. The van der Waals surface area contributed by atoms with Crippen LogP contribution in [0.3, 0.4) is 0 Å². The maximum atomic E-state index is 12.7. The maximum absolute atomic E-state index is 12.7. The number of rotatable bonds is 6. The van der Waals surface area contributed by atoms with Crippen molar-refractivity contribution < 1.29 is 23.1 Å². The minimum absolute atomic E-state index is 0.00649. The van der Waals surface area contributed by atoms with E-state index in [-0.39, 0.29) is 22.1 Å². The Morgan fingerprint density at radius 1 is 0.967 bits per heavy atom. The summed E-state index contributed by atoms with van der Waals surface area (Å²) in [5.41, 5.74) is 1.15. The highest BCUT2D eigenvalue weighted by Gasteiger charge is 2.20. The largest absolute Gasteiger partial charge is 0.478 e. The third kappa shape index (κ3) is 5.29. The van der Waals surface area contributed by atoms with Gasteiger partial charge in [0.05, 0.1) is 16.1 Å². The summed E-state index contributed by atoms with van der Waals surface area (Å²) in [4.78, 5) is 25.0. The molecule has 1 fully saturated rings. The number of carbonyl (C=O) groups excluding carboxylic acids is 1. The monoisotopic (exact) mass is 431 g/mol. The first-order chi connectivity index (χ1) is 14.3. The molecular weight excluding hydrogens is 406 g/mol. The van der Waals surface area contributed by atoms with Gasteiger partial charge in [-0.2, -0.15) is 0 Å². The van der Waals surface area contributed by atoms with Gasteiger partial charge in [-0.25, -0.2) is 13.2 Å². The Morgan fingerprint density at radius 2 is 1.60 bits per heavy atom. The molecule has 1 aliphatic rings. The standard InChI is InChI=1S/C21H25N3O5S/c1-15(25)22-16-6-9-18(10-7-16)30(28,29)23-20-11-8-17(14-19(20)21(26)27)24-12-4-2-3-5-13-24/h6-11,14,23H,2-5,12-13H2,1H3,(H,22,25)(H,26,27). The number of benzene rings is 2. The second kappa shape index (κ2) is 9.17.